The molecule has 102 valence electrons. The molecule has 9 heteroatoms. The Kier molecular flexibility index (Phi) is 3.45. The molecule has 2 rings (SSSR count). The molecule has 0 radical (unpaired) electrons. The van der Waals surface area contributed by atoms with Crippen LogP contribution in [0.15, 0.2) is 0 Å². The summed E-state index contributed by atoms with van der Waals surface area (Å²) in [5.41, 5.74) is 0. The van der Waals surface area contributed by atoms with Crippen LogP contribution in [0, 0.1) is 0 Å². The van der Waals surface area contributed by atoms with Gasteiger partial charge < -0.3 is 15.4 Å². The highest BCUT2D eigenvalue weighted by atomic mass is 16.5. The molecule has 1 aliphatic heterocycles. The van der Waals surface area contributed by atoms with E-state index in [9.17, 15) is 9.59 Å². The predicted octanol–water partition coefficient (Wildman–Crippen LogP) is -0.909. The van der Waals surface area contributed by atoms with E-state index in [4.69, 9.17) is 4.74 Å². The topological polar surface area (TPSA) is 109 Å². The molecule has 2 amide bonds. The van der Waals surface area contributed by atoms with Gasteiger partial charge in [0.1, 0.15) is 6.04 Å². The third-order valence-corrected chi connectivity index (χ3v) is 2.71. The van der Waals surface area contributed by atoms with Gasteiger partial charge in [-0.2, -0.15) is 15.0 Å². The second kappa shape index (κ2) is 5.04. The first-order valence-electron chi connectivity index (χ1n) is 5.60. The Bertz CT molecular complexity index is 498. The van der Waals surface area contributed by atoms with E-state index in [0.717, 1.165) is 4.90 Å². The lowest BCUT2D eigenvalue weighted by molar-refractivity contribution is -0.136. The van der Waals surface area contributed by atoms with Crippen molar-refractivity contribution in [3.05, 3.63) is 0 Å². The molecular weight excluding hydrogens is 252 g/mol. The van der Waals surface area contributed by atoms with E-state index in [1.165, 1.54) is 14.2 Å². The zero-order valence-electron chi connectivity index (χ0n) is 10.8. The molecule has 1 atom stereocenters. The van der Waals surface area contributed by atoms with Crippen molar-refractivity contribution in [3.63, 3.8) is 0 Å². The first kappa shape index (κ1) is 13.0. The summed E-state index contributed by atoms with van der Waals surface area (Å²) in [6.45, 7) is 0. The molecule has 1 aromatic rings. The van der Waals surface area contributed by atoms with E-state index >= 15 is 0 Å². The monoisotopic (exact) mass is 266 g/mol. The maximum Gasteiger partial charge on any atom is 0.322 e. The summed E-state index contributed by atoms with van der Waals surface area (Å²) >= 11 is 0. The maximum absolute atomic E-state index is 11.8. The molecule has 1 unspecified atom stereocenters. The number of amides is 2. The number of nitrogens with one attached hydrogen (secondary N) is 2. The van der Waals surface area contributed by atoms with Crippen LogP contribution in [0.5, 0.6) is 6.01 Å². The summed E-state index contributed by atoms with van der Waals surface area (Å²) in [4.78, 5) is 36.2. The zero-order valence-corrected chi connectivity index (χ0v) is 10.8. The van der Waals surface area contributed by atoms with Crippen LogP contribution in [0.4, 0.5) is 11.9 Å². The van der Waals surface area contributed by atoms with Crippen LogP contribution in [-0.4, -0.2) is 58.9 Å². The van der Waals surface area contributed by atoms with Gasteiger partial charge in [-0.1, -0.05) is 0 Å². The van der Waals surface area contributed by atoms with E-state index in [1.54, 1.807) is 7.05 Å². The lowest BCUT2D eigenvalue weighted by Crippen LogP contribution is -2.32. The second-order valence-corrected chi connectivity index (χ2v) is 3.91. The SMILES string of the molecule is CNc1nc(NC2CC(=O)N(C)C2=O)nc(OC)n1. The molecular formula is C10H14N6O3. The largest absolute Gasteiger partial charge is 0.467 e. The Hall–Kier alpha value is -2.45. The highest BCUT2D eigenvalue weighted by molar-refractivity contribution is 6.06. The van der Waals surface area contributed by atoms with Gasteiger partial charge in [0.15, 0.2) is 0 Å². The van der Waals surface area contributed by atoms with Crippen LogP contribution in [-0.2, 0) is 9.59 Å². The quantitative estimate of drug-likeness (QED) is 0.674. The van der Waals surface area contributed by atoms with Crippen LogP contribution in [0.25, 0.3) is 0 Å². The smallest absolute Gasteiger partial charge is 0.322 e. The van der Waals surface area contributed by atoms with Gasteiger partial charge in [0.05, 0.1) is 13.5 Å². The van der Waals surface area contributed by atoms with Crippen molar-refractivity contribution in [1.29, 1.82) is 0 Å². The van der Waals surface area contributed by atoms with Gasteiger partial charge in [0, 0.05) is 14.1 Å². The average Bonchev–Trinajstić information content (AvgIpc) is 2.65. The van der Waals surface area contributed by atoms with Crippen LogP contribution >= 0.6 is 0 Å². The first-order valence-corrected chi connectivity index (χ1v) is 5.60. The molecule has 19 heavy (non-hydrogen) atoms. The lowest BCUT2D eigenvalue weighted by Gasteiger charge is -2.12. The minimum absolute atomic E-state index is 0.0816. The lowest BCUT2D eigenvalue weighted by atomic mass is 10.2. The minimum atomic E-state index is -0.658. The van der Waals surface area contributed by atoms with Crippen LogP contribution in [0.2, 0.25) is 0 Å². The van der Waals surface area contributed by atoms with Crippen molar-refractivity contribution in [3.8, 4) is 6.01 Å². The fraction of sp³-hybridized carbons (Fsp3) is 0.500. The zero-order chi connectivity index (χ0) is 14.0. The summed E-state index contributed by atoms with van der Waals surface area (Å²) in [5, 5.41) is 5.56. The molecule has 0 spiro atoms. The molecule has 0 saturated carbocycles. The second-order valence-electron chi connectivity index (χ2n) is 3.91. The summed E-state index contributed by atoms with van der Waals surface area (Å²) in [6, 6.07) is -0.540. The highest BCUT2D eigenvalue weighted by Crippen LogP contribution is 2.17. The van der Waals surface area contributed by atoms with Gasteiger partial charge in [0.2, 0.25) is 17.8 Å². The van der Waals surface area contributed by atoms with Crippen molar-refractivity contribution in [2.45, 2.75) is 12.5 Å². The number of nitrogens with zero attached hydrogens (tertiary/aromatic N) is 4. The van der Waals surface area contributed by atoms with E-state index in [1.807, 2.05) is 0 Å². The van der Waals surface area contributed by atoms with E-state index < -0.39 is 6.04 Å². The van der Waals surface area contributed by atoms with Crippen molar-refractivity contribution < 1.29 is 14.3 Å². The molecule has 0 aromatic carbocycles. The number of hydrogen-bond donors (Lipinski definition) is 2. The number of likely N-dealkylation sites (tertiary alicyclic amines) is 1. The molecule has 1 saturated heterocycles. The fourth-order valence-electron chi connectivity index (χ4n) is 1.65. The van der Waals surface area contributed by atoms with Gasteiger partial charge >= 0.3 is 6.01 Å². The van der Waals surface area contributed by atoms with Crippen LogP contribution < -0.4 is 15.4 Å². The summed E-state index contributed by atoms with van der Waals surface area (Å²) in [5.74, 6) is -0.0649. The number of rotatable bonds is 4. The Morgan fingerprint density at radius 3 is 2.47 bits per heavy atom. The van der Waals surface area contributed by atoms with Crippen molar-refractivity contribution in [2.24, 2.45) is 0 Å². The normalized spacial score (nSPS) is 18.7. The first-order chi connectivity index (χ1) is 9.05. The third kappa shape index (κ3) is 2.54. The molecule has 2 N–H and O–H groups in total. The standard InChI is InChI=1S/C10H14N6O3/c1-11-8-13-9(15-10(14-8)19-3)12-5-4-6(17)16(2)7(5)18/h5H,4H2,1-3H3,(H2,11,12,13,14,15). The Balaban J connectivity index is 2.19. The molecule has 1 fully saturated rings. The molecule has 0 bridgehead atoms. The number of hydrogen-bond acceptors (Lipinski definition) is 8. The van der Waals surface area contributed by atoms with Crippen LogP contribution in [0.3, 0.4) is 0 Å². The Labute approximate surface area is 109 Å². The Morgan fingerprint density at radius 2 is 1.95 bits per heavy atom. The summed E-state index contributed by atoms with van der Waals surface area (Å²) in [6.07, 6.45) is 0.0816. The number of carbonyl (C=O) groups excluding carboxylic acids is 2. The Morgan fingerprint density at radius 1 is 1.26 bits per heavy atom. The molecule has 0 aliphatic carbocycles. The highest BCUT2D eigenvalue weighted by Gasteiger charge is 2.36. The third-order valence-electron chi connectivity index (χ3n) is 2.71. The van der Waals surface area contributed by atoms with Gasteiger partial charge in [0.25, 0.3) is 5.91 Å². The number of anilines is 2. The number of likely N-dealkylation sites (N-methyl/N-ethyl adjacent to an activating group) is 1. The number of ether oxygens (including phenoxy) is 1. The number of imide groups is 1. The van der Waals surface area contributed by atoms with Gasteiger partial charge in [-0.3, -0.25) is 14.5 Å². The maximum atomic E-state index is 11.8. The summed E-state index contributed by atoms with van der Waals surface area (Å²) < 4.78 is 4.93. The molecule has 9 nitrogen and oxygen atoms in total. The van der Waals surface area contributed by atoms with Crippen LogP contribution in [0.1, 0.15) is 6.42 Å². The summed E-state index contributed by atoms with van der Waals surface area (Å²) in [7, 11) is 4.52. The van der Waals surface area contributed by atoms with Crippen molar-refractivity contribution in [1.82, 2.24) is 19.9 Å². The minimum Gasteiger partial charge on any atom is -0.467 e. The number of carbonyl (C=O) groups is 2. The fourth-order valence-corrected chi connectivity index (χ4v) is 1.65. The molecule has 1 aromatic heterocycles. The number of aromatic nitrogens is 3. The van der Waals surface area contributed by atoms with E-state index in [2.05, 4.69) is 25.6 Å². The molecule has 2 heterocycles. The molecule has 1 aliphatic rings. The van der Waals surface area contributed by atoms with Gasteiger partial charge in [-0.25, -0.2) is 0 Å². The van der Waals surface area contributed by atoms with Gasteiger partial charge in [-0.05, 0) is 0 Å². The van der Waals surface area contributed by atoms with E-state index in [0.29, 0.717) is 5.95 Å². The van der Waals surface area contributed by atoms with Crippen molar-refractivity contribution >= 4 is 23.7 Å². The average molecular weight is 266 g/mol. The van der Waals surface area contributed by atoms with Gasteiger partial charge in [-0.15, -0.1) is 0 Å². The van der Waals surface area contributed by atoms with Crippen molar-refractivity contribution in [2.75, 3.05) is 31.8 Å². The number of methoxy groups -OCH3 is 1. The predicted molar refractivity (Wildman–Crippen MR) is 65.7 cm³/mol. The van der Waals surface area contributed by atoms with E-state index in [-0.39, 0.29) is 30.2 Å².